The van der Waals surface area contributed by atoms with Gasteiger partial charge < -0.3 is 9.33 Å². The molecule has 2 aliphatic heterocycles. The Bertz CT molecular complexity index is 317. The molecule has 0 saturated carbocycles. The van der Waals surface area contributed by atoms with Crippen LogP contribution in [0.15, 0.2) is 11.8 Å². The summed E-state index contributed by atoms with van der Waals surface area (Å²) in [5.41, 5.74) is 1.58. The van der Waals surface area contributed by atoms with E-state index in [1.807, 2.05) is 0 Å². The fraction of sp³-hybridized carbons (Fsp3) is 0.857. The normalized spacial score (nSPS) is 25.1. The summed E-state index contributed by atoms with van der Waals surface area (Å²) in [7, 11) is -1.56. The molecular formula is C14H27NOSi. The average Bonchev–Trinajstić information content (AvgIpc) is 2.74. The van der Waals surface area contributed by atoms with Gasteiger partial charge >= 0.3 is 0 Å². The second-order valence-corrected chi connectivity index (χ2v) is 11.8. The molecule has 0 aromatic rings. The first-order valence-electron chi connectivity index (χ1n) is 6.91. The van der Waals surface area contributed by atoms with E-state index >= 15 is 0 Å². The van der Waals surface area contributed by atoms with Gasteiger partial charge in [0.1, 0.15) is 0 Å². The van der Waals surface area contributed by atoms with E-state index in [1.165, 1.54) is 25.8 Å². The summed E-state index contributed by atoms with van der Waals surface area (Å²) in [6.45, 7) is 13.8. The fourth-order valence-corrected chi connectivity index (χ4v) is 3.50. The molecule has 1 atom stereocenters. The van der Waals surface area contributed by atoms with Crippen LogP contribution in [-0.4, -0.2) is 32.4 Å². The van der Waals surface area contributed by atoms with Gasteiger partial charge in [0.25, 0.3) is 0 Å². The van der Waals surface area contributed by atoms with Crippen LogP contribution in [0.3, 0.4) is 0 Å². The maximum atomic E-state index is 6.36. The third-order valence-corrected chi connectivity index (χ3v) is 9.24. The van der Waals surface area contributed by atoms with Crippen molar-refractivity contribution >= 4 is 8.32 Å². The molecule has 1 saturated heterocycles. The quantitative estimate of drug-likeness (QED) is 0.710. The highest BCUT2D eigenvalue weighted by Crippen LogP contribution is 2.38. The lowest BCUT2D eigenvalue weighted by Crippen LogP contribution is -2.44. The van der Waals surface area contributed by atoms with E-state index in [2.05, 4.69) is 44.8 Å². The molecule has 98 valence electrons. The van der Waals surface area contributed by atoms with Gasteiger partial charge in [-0.3, -0.25) is 0 Å². The van der Waals surface area contributed by atoms with E-state index in [9.17, 15) is 0 Å². The average molecular weight is 253 g/mol. The van der Waals surface area contributed by atoms with Gasteiger partial charge in [0.05, 0.1) is 12.6 Å². The smallest absolute Gasteiger partial charge is 0.192 e. The molecule has 0 N–H and O–H groups in total. The molecule has 1 fully saturated rings. The topological polar surface area (TPSA) is 12.5 Å². The van der Waals surface area contributed by atoms with Gasteiger partial charge in [-0.15, -0.1) is 0 Å². The standard InChI is InChI=1S/C14H27NOSi/c1-14(2,3)17(4,5)16-11-13-9-8-12-7-6-10-15(12)13/h7,13H,6,8-11H2,1-5H3/t13-/m1/s1. The molecule has 2 rings (SSSR count). The molecular weight excluding hydrogens is 226 g/mol. The number of nitrogens with zero attached hydrogens (tertiary/aromatic N) is 1. The third kappa shape index (κ3) is 2.60. The van der Waals surface area contributed by atoms with Gasteiger partial charge in [-0.2, -0.15) is 0 Å². The number of allylic oxidation sites excluding steroid dienone is 1. The lowest BCUT2D eigenvalue weighted by molar-refractivity contribution is 0.186. The van der Waals surface area contributed by atoms with Crippen molar-refractivity contribution in [3.05, 3.63) is 11.8 Å². The summed E-state index contributed by atoms with van der Waals surface area (Å²) in [5, 5.41) is 0.329. The largest absolute Gasteiger partial charge is 0.415 e. The molecule has 0 aromatic heterocycles. The van der Waals surface area contributed by atoms with Crippen molar-refractivity contribution in [3.63, 3.8) is 0 Å². The summed E-state index contributed by atoms with van der Waals surface area (Å²) in [5.74, 6) is 0. The second kappa shape index (κ2) is 4.43. The zero-order valence-corrected chi connectivity index (χ0v) is 13.0. The maximum absolute atomic E-state index is 6.36. The lowest BCUT2D eigenvalue weighted by Gasteiger charge is -2.38. The molecule has 2 heterocycles. The molecule has 0 aliphatic carbocycles. The molecule has 17 heavy (non-hydrogen) atoms. The van der Waals surface area contributed by atoms with E-state index in [-0.39, 0.29) is 0 Å². The van der Waals surface area contributed by atoms with Crippen LogP contribution in [0, 0.1) is 0 Å². The van der Waals surface area contributed by atoms with Crippen molar-refractivity contribution < 1.29 is 4.43 Å². The van der Waals surface area contributed by atoms with Crippen LogP contribution in [0.1, 0.15) is 40.0 Å². The van der Waals surface area contributed by atoms with Gasteiger partial charge in [0.15, 0.2) is 8.32 Å². The Morgan fingerprint density at radius 3 is 2.76 bits per heavy atom. The fourth-order valence-electron chi connectivity index (χ4n) is 2.46. The number of rotatable bonds is 3. The van der Waals surface area contributed by atoms with Crippen LogP contribution in [0.5, 0.6) is 0 Å². The number of fused-ring (bicyclic) bond motifs is 1. The first kappa shape index (κ1) is 13.2. The van der Waals surface area contributed by atoms with Crippen molar-refractivity contribution in [1.82, 2.24) is 4.90 Å². The molecule has 2 nitrogen and oxygen atoms in total. The van der Waals surface area contributed by atoms with Gasteiger partial charge in [-0.1, -0.05) is 26.8 Å². The van der Waals surface area contributed by atoms with Gasteiger partial charge in [0.2, 0.25) is 0 Å². The van der Waals surface area contributed by atoms with E-state index in [0.29, 0.717) is 11.1 Å². The Morgan fingerprint density at radius 1 is 1.41 bits per heavy atom. The van der Waals surface area contributed by atoms with E-state index in [1.54, 1.807) is 5.70 Å². The Labute approximate surface area is 107 Å². The maximum Gasteiger partial charge on any atom is 0.192 e. The monoisotopic (exact) mass is 253 g/mol. The third-order valence-electron chi connectivity index (χ3n) is 4.74. The Balaban J connectivity index is 1.89. The minimum Gasteiger partial charge on any atom is -0.415 e. The zero-order chi connectivity index (χ0) is 12.7. The van der Waals surface area contributed by atoms with Crippen LogP contribution < -0.4 is 0 Å². The predicted molar refractivity (Wildman–Crippen MR) is 75.6 cm³/mol. The second-order valence-electron chi connectivity index (χ2n) is 6.94. The molecule has 0 aromatic carbocycles. The molecule has 0 radical (unpaired) electrons. The van der Waals surface area contributed by atoms with Crippen molar-refractivity contribution in [1.29, 1.82) is 0 Å². The molecule has 0 amide bonds. The minimum atomic E-state index is -1.56. The Hall–Kier alpha value is -0.283. The Kier molecular flexibility index (Phi) is 3.43. The highest BCUT2D eigenvalue weighted by atomic mass is 28.4. The minimum absolute atomic E-state index is 0.329. The van der Waals surface area contributed by atoms with E-state index in [0.717, 1.165) is 6.61 Å². The van der Waals surface area contributed by atoms with Crippen molar-refractivity contribution in [3.8, 4) is 0 Å². The van der Waals surface area contributed by atoms with Crippen molar-refractivity contribution in [2.75, 3.05) is 13.2 Å². The summed E-state index contributed by atoms with van der Waals surface area (Å²) in [6, 6.07) is 0.651. The summed E-state index contributed by atoms with van der Waals surface area (Å²) in [6.07, 6.45) is 6.21. The summed E-state index contributed by atoms with van der Waals surface area (Å²) >= 11 is 0. The predicted octanol–water partition coefficient (Wildman–Crippen LogP) is 3.76. The summed E-state index contributed by atoms with van der Waals surface area (Å²) < 4.78 is 6.36. The number of hydrogen-bond acceptors (Lipinski definition) is 2. The highest BCUT2D eigenvalue weighted by Gasteiger charge is 2.39. The Morgan fingerprint density at radius 2 is 2.12 bits per heavy atom. The van der Waals surface area contributed by atoms with E-state index in [4.69, 9.17) is 4.43 Å². The van der Waals surface area contributed by atoms with Gasteiger partial charge in [0, 0.05) is 12.2 Å². The molecule has 0 unspecified atom stereocenters. The first-order chi connectivity index (χ1) is 7.81. The summed E-state index contributed by atoms with van der Waals surface area (Å²) in [4.78, 5) is 2.58. The molecule has 3 heteroatoms. The van der Waals surface area contributed by atoms with Crippen molar-refractivity contribution in [2.24, 2.45) is 0 Å². The van der Waals surface area contributed by atoms with Gasteiger partial charge in [-0.25, -0.2) is 0 Å². The molecule has 0 spiro atoms. The van der Waals surface area contributed by atoms with Crippen LogP contribution >= 0.6 is 0 Å². The van der Waals surface area contributed by atoms with Crippen molar-refractivity contribution in [2.45, 2.75) is 64.2 Å². The first-order valence-corrected chi connectivity index (χ1v) is 9.82. The lowest BCUT2D eigenvalue weighted by atomic mass is 10.2. The van der Waals surface area contributed by atoms with E-state index < -0.39 is 8.32 Å². The SMILES string of the molecule is CC(C)(C)[Si](C)(C)OC[C@H]1CCC2=CCCN21. The molecule has 2 aliphatic rings. The van der Waals surface area contributed by atoms with Crippen LogP contribution in [0.2, 0.25) is 18.1 Å². The van der Waals surface area contributed by atoms with Crippen LogP contribution in [0.4, 0.5) is 0 Å². The molecule has 0 bridgehead atoms. The highest BCUT2D eigenvalue weighted by molar-refractivity contribution is 6.74. The van der Waals surface area contributed by atoms with Crippen LogP contribution in [0.25, 0.3) is 0 Å². The van der Waals surface area contributed by atoms with Crippen LogP contribution in [-0.2, 0) is 4.43 Å². The van der Waals surface area contributed by atoms with Gasteiger partial charge in [-0.05, 0) is 37.4 Å². The number of hydrogen-bond donors (Lipinski definition) is 0. The zero-order valence-electron chi connectivity index (χ0n) is 12.0.